The van der Waals surface area contributed by atoms with Crippen molar-refractivity contribution in [1.29, 1.82) is 0 Å². The molecule has 0 saturated carbocycles. The summed E-state index contributed by atoms with van der Waals surface area (Å²) >= 11 is 0. The molecule has 0 aliphatic heterocycles. The van der Waals surface area contributed by atoms with Crippen LogP contribution in [0, 0.1) is 0 Å². The monoisotopic (exact) mass is 365 g/mol. The number of esters is 2. The molecule has 0 radical (unpaired) electrons. The van der Waals surface area contributed by atoms with Gasteiger partial charge in [-0.05, 0) is 29.8 Å². The Balaban J connectivity index is 2.22. The number of fused-ring (bicyclic) bond motifs is 1. The number of benzene rings is 2. The highest BCUT2D eigenvalue weighted by Crippen LogP contribution is 2.30. The van der Waals surface area contributed by atoms with Crippen molar-refractivity contribution in [3.05, 3.63) is 65.4 Å². The molecule has 0 aliphatic rings. The van der Waals surface area contributed by atoms with Crippen LogP contribution in [-0.2, 0) is 14.3 Å². The highest BCUT2D eigenvalue weighted by molar-refractivity contribution is 6.25. The normalized spacial score (nSPS) is 11.3. The minimum Gasteiger partial charge on any atom is -0.497 e. The van der Waals surface area contributed by atoms with E-state index in [4.69, 9.17) is 14.2 Å². The molecule has 1 aromatic heterocycles. The highest BCUT2D eigenvalue weighted by Gasteiger charge is 2.25. The predicted molar refractivity (Wildman–Crippen MR) is 103 cm³/mol. The molecular weight excluding hydrogens is 346 g/mol. The maximum absolute atomic E-state index is 12.5. The van der Waals surface area contributed by atoms with Crippen molar-refractivity contribution in [2.24, 2.45) is 0 Å². The van der Waals surface area contributed by atoms with Gasteiger partial charge in [-0.2, -0.15) is 0 Å². The Labute approximate surface area is 156 Å². The van der Waals surface area contributed by atoms with Gasteiger partial charge in [-0.3, -0.25) is 0 Å². The molecule has 0 aliphatic carbocycles. The van der Waals surface area contributed by atoms with Gasteiger partial charge in [-0.25, -0.2) is 9.59 Å². The number of hydrogen-bond donors (Lipinski definition) is 1. The van der Waals surface area contributed by atoms with Crippen LogP contribution in [0.5, 0.6) is 5.75 Å². The molecule has 0 bridgehead atoms. The molecule has 27 heavy (non-hydrogen) atoms. The molecule has 138 valence electrons. The van der Waals surface area contributed by atoms with Crippen molar-refractivity contribution in [3.8, 4) is 5.75 Å². The second-order valence-electron chi connectivity index (χ2n) is 5.73. The molecule has 1 heterocycles. The SMILES string of the molecule is COC(=O)/C(=C\c1ccc(OC)cc1)c1[nH]c2ccccc2c1C(=O)OC. The lowest BCUT2D eigenvalue weighted by atomic mass is 10.0. The first kappa shape index (κ1) is 18.3. The average Bonchev–Trinajstić information content (AvgIpc) is 3.10. The van der Waals surface area contributed by atoms with E-state index in [9.17, 15) is 9.59 Å². The quantitative estimate of drug-likeness (QED) is 0.551. The number of rotatable bonds is 5. The Morgan fingerprint density at radius 3 is 2.26 bits per heavy atom. The summed E-state index contributed by atoms with van der Waals surface area (Å²) in [6, 6.07) is 14.5. The number of para-hydroxylation sites is 1. The van der Waals surface area contributed by atoms with Gasteiger partial charge in [-0.1, -0.05) is 30.3 Å². The molecule has 6 nitrogen and oxygen atoms in total. The standard InChI is InChI=1S/C21H19NO5/c1-25-14-10-8-13(9-11-14)12-16(20(23)26-2)19-18(21(24)27-3)15-6-4-5-7-17(15)22-19/h4-12,22H,1-3H3/b16-12-. The van der Waals surface area contributed by atoms with Crippen LogP contribution in [0.15, 0.2) is 48.5 Å². The number of methoxy groups -OCH3 is 3. The Morgan fingerprint density at radius 2 is 1.63 bits per heavy atom. The first-order valence-corrected chi connectivity index (χ1v) is 8.22. The van der Waals surface area contributed by atoms with Crippen molar-refractivity contribution in [3.63, 3.8) is 0 Å². The van der Waals surface area contributed by atoms with Crippen molar-refractivity contribution in [2.75, 3.05) is 21.3 Å². The van der Waals surface area contributed by atoms with Crippen LogP contribution in [0.3, 0.4) is 0 Å². The van der Waals surface area contributed by atoms with E-state index in [1.807, 2.05) is 30.3 Å². The number of H-pyrrole nitrogens is 1. The molecular formula is C21H19NO5. The summed E-state index contributed by atoms with van der Waals surface area (Å²) in [5.41, 5.74) is 2.34. The first-order chi connectivity index (χ1) is 13.1. The maximum atomic E-state index is 12.5. The number of carbonyl (C=O) groups excluding carboxylic acids is 2. The molecule has 0 atom stereocenters. The third-order valence-corrected chi connectivity index (χ3v) is 4.20. The van der Waals surface area contributed by atoms with Crippen molar-refractivity contribution in [2.45, 2.75) is 0 Å². The van der Waals surface area contributed by atoms with Gasteiger partial charge in [0.2, 0.25) is 0 Å². The van der Waals surface area contributed by atoms with Gasteiger partial charge in [0.25, 0.3) is 0 Å². The van der Waals surface area contributed by atoms with Crippen LogP contribution in [0.2, 0.25) is 0 Å². The number of aromatic amines is 1. The molecule has 3 rings (SSSR count). The lowest BCUT2D eigenvalue weighted by molar-refractivity contribution is -0.133. The summed E-state index contributed by atoms with van der Waals surface area (Å²) in [4.78, 5) is 28.1. The molecule has 0 unspecified atom stereocenters. The van der Waals surface area contributed by atoms with Gasteiger partial charge in [0.05, 0.1) is 38.2 Å². The zero-order chi connectivity index (χ0) is 19.4. The smallest absolute Gasteiger partial charge is 0.340 e. The van der Waals surface area contributed by atoms with Gasteiger partial charge in [0.15, 0.2) is 0 Å². The van der Waals surface area contributed by atoms with E-state index < -0.39 is 11.9 Å². The van der Waals surface area contributed by atoms with Crippen LogP contribution in [-0.4, -0.2) is 38.3 Å². The zero-order valence-electron chi connectivity index (χ0n) is 15.2. The fourth-order valence-electron chi connectivity index (χ4n) is 2.87. The summed E-state index contributed by atoms with van der Waals surface area (Å²) in [5, 5.41) is 0.670. The maximum Gasteiger partial charge on any atom is 0.340 e. The predicted octanol–water partition coefficient (Wildman–Crippen LogP) is 3.68. The Hall–Kier alpha value is -3.54. The summed E-state index contributed by atoms with van der Waals surface area (Å²) < 4.78 is 15.0. The number of aromatic nitrogens is 1. The molecule has 1 N–H and O–H groups in total. The molecule has 2 aromatic carbocycles. The van der Waals surface area contributed by atoms with Crippen molar-refractivity contribution >= 4 is 34.5 Å². The Bertz CT molecular complexity index is 1010. The largest absolute Gasteiger partial charge is 0.497 e. The summed E-state index contributed by atoms with van der Waals surface area (Å²) in [7, 11) is 4.18. The zero-order valence-corrected chi connectivity index (χ0v) is 15.2. The number of ether oxygens (including phenoxy) is 3. The van der Waals surface area contributed by atoms with Crippen LogP contribution < -0.4 is 4.74 Å². The second-order valence-corrected chi connectivity index (χ2v) is 5.73. The fraction of sp³-hybridized carbons (Fsp3) is 0.143. The average molecular weight is 365 g/mol. The van der Waals surface area contributed by atoms with E-state index in [0.29, 0.717) is 22.4 Å². The molecule has 6 heteroatoms. The number of carbonyl (C=O) groups is 2. The molecule has 0 amide bonds. The van der Waals surface area contributed by atoms with Crippen LogP contribution in [0.4, 0.5) is 0 Å². The van der Waals surface area contributed by atoms with Crippen molar-refractivity contribution in [1.82, 2.24) is 4.98 Å². The topological polar surface area (TPSA) is 77.6 Å². The minimum atomic E-state index is -0.567. The summed E-state index contributed by atoms with van der Waals surface area (Å²) in [5.74, 6) is -0.401. The van der Waals surface area contributed by atoms with E-state index in [1.165, 1.54) is 14.2 Å². The Morgan fingerprint density at radius 1 is 0.926 bits per heavy atom. The first-order valence-electron chi connectivity index (χ1n) is 8.22. The van der Waals surface area contributed by atoms with Gasteiger partial charge in [-0.15, -0.1) is 0 Å². The third-order valence-electron chi connectivity index (χ3n) is 4.20. The van der Waals surface area contributed by atoms with Crippen LogP contribution in [0.1, 0.15) is 21.6 Å². The molecule has 0 spiro atoms. The van der Waals surface area contributed by atoms with Crippen LogP contribution in [0.25, 0.3) is 22.6 Å². The van der Waals surface area contributed by atoms with E-state index in [-0.39, 0.29) is 5.57 Å². The van der Waals surface area contributed by atoms with Gasteiger partial charge < -0.3 is 19.2 Å². The van der Waals surface area contributed by atoms with Gasteiger partial charge >= 0.3 is 11.9 Å². The van der Waals surface area contributed by atoms with E-state index in [2.05, 4.69) is 4.98 Å². The highest BCUT2D eigenvalue weighted by atomic mass is 16.5. The van der Waals surface area contributed by atoms with Gasteiger partial charge in [0.1, 0.15) is 5.75 Å². The van der Waals surface area contributed by atoms with E-state index in [1.54, 1.807) is 31.4 Å². The lowest BCUT2D eigenvalue weighted by Gasteiger charge is -2.08. The molecule has 0 fully saturated rings. The van der Waals surface area contributed by atoms with E-state index in [0.717, 1.165) is 11.1 Å². The van der Waals surface area contributed by atoms with Crippen molar-refractivity contribution < 1.29 is 23.8 Å². The second kappa shape index (κ2) is 7.78. The minimum absolute atomic E-state index is 0.222. The van der Waals surface area contributed by atoms with Gasteiger partial charge in [0, 0.05) is 10.9 Å². The summed E-state index contributed by atoms with van der Waals surface area (Å²) in [6.45, 7) is 0. The van der Waals surface area contributed by atoms with E-state index >= 15 is 0 Å². The number of nitrogens with one attached hydrogen (secondary N) is 1. The third kappa shape index (κ3) is 3.55. The Kier molecular flexibility index (Phi) is 5.26. The molecule has 0 saturated heterocycles. The van der Waals surface area contributed by atoms with Crippen LogP contribution >= 0.6 is 0 Å². The summed E-state index contributed by atoms with van der Waals surface area (Å²) in [6.07, 6.45) is 1.66. The molecule has 3 aromatic rings. The lowest BCUT2D eigenvalue weighted by Crippen LogP contribution is -2.10. The number of hydrogen-bond acceptors (Lipinski definition) is 5. The fourth-order valence-corrected chi connectivity index (χ4v) is 2.87.